The molecule has 2 heterocycles. The number of nitrogens with zero attached hydrogens (tertiary/aromatic N) is 2. The highest BCUT2D eigenvalue weighted by atomic mass is 16.7. The van der Waals surface area contributed by atoms with Gasteiger partial charge in [0, 0.05) is 18.3 Å². The van der Waals surface area contributed by atoms with Gasteiger partial charge in [-0.25, -0.2) is 5.84 Å². The van der Waals surface area contributed by atoms with Crippen LogP contribution in [-0.2, 0) is 6.42 Å². The molecule has 8 nitrogen and oxygen atoms in total. The fourth-order valence-corrected chi connectivity index (χ4v) is 2.75. The zero-order valence-electron chi connectivity index (χ0n) is 14.6. The largest absolute Gasteiger partial charge is 0.454 e. The van der Waals surface area contributed by atoms with Gasteiger partial charge in [0.1, 0.15) is 11.6 Å². The molecule has 27 heavy (non-hydrogen) atoms. The zero-order valence-corrected chi connectivity index (χ0v) is 14.6. The van der Waals surface area contributed by atoms with Crippen LogP contribution in [0.3, 0.4) is 0 Å². The lowest BCUT2D eigenvalue weighted by Crippen LogP contribution is -2.13. The van der Waals surface area contributed by atoms with Crippen LogP contribution in [0.4, 0.5) is 23.3 Å². The number of rotatable bonds is 7. The van der Waals surface area contributed by atoms with Gasteiger partial charge in [0.2, 0.25) is 12.7 Å². The van der Waals surface area contributed by atoms with Gasteiger partial charge in [-0.15, -0.1) is 0 Å². The second-order valence-corrected chi connectivity index (χ2v) is 5.96. The molecule has 0 unspecified atom stereocenters. The molecule has 0 radical (unpaired) electrons. The van der Waals surface area contributed by atoms with E-state index >= 15 is 0 Å². The SMILES string of the molecule is NNc1cc(NCCc2ccc3c(c2)OCO3)nc(Nc2ccccc2)n1. The lowest BCUT2D eigenvalue weighted by atomic mass is 10.1. The smallest absolute Gasteiger partial charge is 0.231 e. The standard InChI is InChI=1S/C19H20N6O2/c20-25-18-11-17(23-19(24-18)22-14-4-2-1-3-5-14)21-9-8-13-6-7-15-16(10-13)27-12-26-15/h1-7,10-11H,8-9,12,20H2,(H3,21,22,23,24,25). The fraction of sp³-hybridized carbons (Fsp3) is 0.158. The van der Waals surface area contributed by atoms with Gasteiger partial charge in [0.05, 0.1) is 0 Å². The molecule has 0 bridgehead atoms. The molecule has 0 saturated heterocycles. The molecule has 5 N–H and O–H groups in total. The van der Waals surface area contributed by atoms with Crippen molar-refractivity contribution in [2.75, 3.05) is 29.4 Å². The van der Waals surface area contributed by atoms with Gasteiger partial charge < -0.3 is 25.5 Å². The van der Waals surface area contributed by atoms with Crippen molar-refractivity contribution in [3.05, 3.63) is 60.2 Å². The van der Waals surface area contributed by atoms with Gasteiger partial charge in [-0.1, -0.05) is 24.3 Å². The molecule has 3 aromatic rings. The summed E-state index contributed by atoms with van der Waals surface area (Å²) in [7, 11) is 0. The van der Waals surface area contributed by atoms with Crippen molar-refractivity contribution in [3.8, 4) is 11.5 Å². The maximum Gasteiger partial charge on any atom is 0.231 e. The number of benzene rings is 2. The van der Waals surface area contributed by atoms with E-state index in [0.717, 1.165) is 29.2 Å². The lowest BCUT2D eigenvalue weighted by molar-refractivity contribution is 0.174. The Labute approximate surface area is 156 Å². The molecule has 0 saturated carbocycles. The topological polar surface area (TPSA) is 106 Å². The van der Waals surface area contributed by atoms with Crippen molar-refractivity contribution in [1.82, 2.24) is 9.97 Å². The highest BCUT2D eigenvalue weighted by Crippen LogP contribution is 2.32. The normalized spacial score (nSPS) is 11.9. The number of hydrazine groups is 1. The molecule has 1 aromatic heterocycles. The molecule has 0 aliphatic carbocycles. The van der Waals surface area contributed by atoms with Gasteiger partial charge in [0.15, 0.2) is 11.5 Å². The first-order valence-corrected chi connectivity index (χ1v) is 8.60. The van der Waals surface area contributed by atoms with Crippen molar-refractivity contribution in [1.29, 1.82) is 0 Å². The monoisotopic (exact) mass is 364 g/mol. The number of nitrogens with two attached hydrogens (primary N) is 1. The summed E-state index contributed by atoms with van der Waals surface area (Å²) in [4.78, 5) is 8.82. The zero-order chi connectivity index (χ0) is 18.5. The molecule has 1 aliphatic heterocycles. The quantitative estimate of drug-likeness (QED) is 0.375. The number of nitrogen functional groups attached to an aromatic ring is 1. The summed E-state index contributed by atoms with van der Waals surface area (Å²) in [5.74, 6) is 8.77. The molecule has 0 spiro atoms. The first kappa shape index (κ1) is 16.9. The minimum atomic E-state index is 0.282. The molecule has 8 heteroatoms. The molecule has 0 atom stereocenters. The van der Waals surface area contributed by atoms with Crippen molar-refractivity contribution in [3.63, 3.8) is 0 Å². The van der Waals surface area contributed by atoms with Crippen LogP contribution in [0.25, 0.3) is 0 Å². The van der Waals surface area contributed by atoms with E-state index in [2.05, 4.69) is 26.0 Å². The van der Waals surface area contributed by atoms with Crippen LogP contribution in [0.15, 0.2) is 54.6 Å². The summed E-state index contributed by atoms with van der Waals surface area (Å²) in [5, 5.41) is 6.47. The van der Waals surface area contributed by atoms with E-state index in [-0.39, 0.29) is 6.79 Å². The maximum absolute atomic E-state index is 5.53. The molecule has 2 aromatic carbocycles. The minimum absolute atomic E-state index is 0.282. The molecule has 138 valence electrons. The lowest BCUT2D eigenvalue weighted by Gasteiger charge is -2.11. The maximum atomic E-state index is 5.53. The first-order chi connectivity index (χ1) is 13.3. The van der Waals surface area contributed by atoms with Crippen molar-refractivity contribution >= 4 is 23.3 Å². The Morgan fingerprint density at radius 2 is 1.74 bits per heavy atom. The summed E-state index contributed by atoms with van der Waals surface area (Å²) in [6.45, 7) is 0.982. The number of fused-ring (bicyclic) bond motifs is 1. The Balaban J connectivity index is 1.41. The van der Waals surface area contributed by atoms with Crippen molar-refractivity contribution in [2.45, 2.75) is 6.42 Å². The van der Waals surface area contributed by atoms with Crippen molar-refractivity contribution < 1.29 is 9.47 Å². The molecule has 1 aliphatic rings. The van der Waals surface area contributed by atoms with Crippen LogP contribution in [0.2, 0.25) is 0 Å². The van der Waals surface area contributed by atoms with E-state index in [1.54, 1.807) is 6.07 Å². The van der Waals surface area contributed by atoms with Crippen LogP contribution in [0.5, 0.6) is 11.5 Å². The fourth-order valence-electron chi connectivity index (χ4n) is 2.75. The third-order valence-corrected chi connectivity index (χ3v) is 4.06. The predicted octanol–water partition coefficient (Wildman–Crippen LogP) is 2.89. The third-order valence-electron chi connectivity index (χ3n) is 4.06. The third kappa shape index (κ3) is 4.18. The number of anilines is 4. The van der Waals surface area contributed by atoms with Crippen LogP contribution in [0, 0.1) is 0 Å². The van der Waals surface area contributed by atoms with E-state index in [1.807, 2.05) is 48.5 Å². The van der Waals surface area contributed by atoms with E-state index in [9.17, 15) is 0 Å². The second-order valence-electron chi connectivity index (χ2n) is 5.96. The summed E-state index contributed by atoms with van der Waals surface area (Å²) in [6, 6.07) is 17.4. The molecule has 0 amide bonds. The Bertz CT molecular complexity index is 919. The molecule has 4 rings (SSSR count). The number of aromatic nitrogens is 2. The average molecular weight is 364 g/mol. The number of ether oxygens (including phenoxy) is 2. The van der Waals surface area contributed by atoms with Gasteiger partial charge in [-0.05, 0) is 36.2 Å². The molecule has 0 fully saturated rings. The highest BCUT2D eigenvalue weighted by Gasteiger charge is 2.13. The van der Waals surface area contributed by atoms with Crippen LogP contribution >= 0.6 is 0 Å². The van der Waals surface area contributed by atoms with Crippen LogP contribution in [0.1, 0.15) is 5.56 Å². The average Bonchev–Trinajstić information content (AvgIpc) is 3.16. The van der Waals surface area contributed by atoms with Crippen molar-refractivity contribution in [2.24, 2.45) is 5.84 Å². The van der Waals surface area contributed by atoms with Crippen LogP contribution < -0.4 is 31.4 Å². The summed E-state index contributed by atoms with van der Waals surface area (Å²) >= 11 is 0. The molecular weight excluding hydrogens is 344 g/mol. The number of nitrogens with one attached hydrogen (secondary N) is 3. The summed E-state index contributed by atoms with van der Waals surface area (Å²) < 4.78 is 10.7. The van der Waals surface area contributed by atoms with Gasteiger partial charge in [-0.3, -0.25) is 0 Å². The van der Waals surface area contributed by atoms with E-state index in [4.69, 9.17) is 15.3 Å². The highest BCUT2D eigenvalue weighted by molar-refractivity contribution is 5.58. The van der Waals surface area contributed by atoms with Crippen LogP contribution in [-0.4, -0.2) is 23.3 Å². The minimum Gasteiger partial charge on any atom is -0.454 e. The Hall–Kier alpha value is -3.52. The second kappa shape index (κ2) is 7.79. The number of hydrogen-bond acceptors (Lipinski definition) is 8. The van der Waals surface area contributed by atoms with Gasteiger partial charge in [0.25, 0.3) is 0 Å². The first-order valence-electron chi connectivity index (χ1n) is 8.60. The van der Waals surface area contributed by atoms with E-state index in [0.29, 0.717) is 24.1 Å². The Morgan fingerprint density at radius 3 is 2.59 bits per heavy atom. The van der Waals surface area contributed by atoms with E-state index < -0.39 is 0 Å². The Kier molecular flexibility index (Phi) is 4.88. The Morgan fingerprint density at radius 1 is 0.926 bits per heavy atom. The summed E-state index contributed by atoms with van der Waals surface area (Å²) in [5.41, 5.74) is 4.62. The summed E-state index contributed by atoms with van der Waals surface area (Å²) in [6.07, 6.45) is 0.813. The number of hydrogen-bond donors (Lipinski definition) is 4. The molecular formula is C19H20N6O2. The van der Waals surface area contributed by atoms with E-state index in [1.165, 1.54) is 0 Å². The number of para-hydroxylation sites is 1. The van der Waals surface area contributed by atoms with Gasteiger partial charge in [-0.2, -0.15) is 9.97 Å². The van der Waals surface area contributed by atoms with Gasteiger partial charge >= 0.3 is 0 Å². The predicted molar refractivity (Wildman–Crippen MR) is 104 cm³/mol.